The molecule has 1 aromatic heterocycles. The zero-order valence-corrected chi connectivity index (χ0v) is 8.44. The predicted octanol–water partition coefficient (Wildman–Crippen LogP) is 1.94. The third-order valence-corrected chi connectivity index (χ3v) is 1.76. The molecule has 0 amide bonds. The molecule has 0 N–H and O–H groups in total. The Morgan fingerprint density at radius 2 is 2.06 bits per heavy atom. The van der Waals surface area contributed by atoms with Crippen molar-refractivity contribution in [2.75, 3.05) is 14.2 Å². The molecule has 0 spiro atoms. The van der Waals surface area contributed by atoms with E-state index in [0.29, 0.717) is 6.07 Å². The lowest BCUT2D eigenvalue weighted by molar-refractivity contribution is -0.386. The highest BCUT2D eigenvalue weighted by atomic mass is 19.3. The molecule has 0 aromatic carbocycles. The Labute approximate surface area is 89.0 Å². The van der Waals surface area contributed by atoms with E-state index in [1.54, 1.807) is 0 Å². The maximum atomic E-state index is 12.4. The van der Waals surface area contributed by atoms with E-state index < -0.39 is 22.7 Å². The van der Waals surface area contributed by atoms with E-state index >= 15 is 0 Å². The zero-order chi connectivity index (χ0) is 12.3. The number of hydrogen-bond acceptors (Lipinski definition) is 5. The third-order valence-electron chi connectivity index (χ3n) is 1.76. The van der Waals surface area contributed by atoms with Crippen LogP contribution in [-0.2, 0) is 0 Å². The van der Waals surface area contributed by atoms with Crippen LogP contribution in [0.5, 0.6) is 11.6 Å². The minimum Gasteiger partial charge on any atom is -0.486 e. The minimum absolute atomic E-state index is 0.281. The van der Waals surface area contributed by atoms with E-state index in [0.717, 1.165) is 14.2 Å². The summed E-state index contributed by atoms with van der Waals surface area (Å²) in [5.74, 6) is -0.621. The van der Waals surface area contributed by atoms with Gasteiger partial charge in [0.2, 0.25) is 0 Å². The van der Waals surface area contributed by atoms with Gasteiger partial charge in [-0.05, 0) is 0 Å². The predicted molar refractivity (Wildman–Crippen MR) is 49.0 cm³/mol. The molecule has 0 radical (unpaired) electrons. The Balaban J connectivity index is 3.43. The number of nitrogens with zero attached hydrogens (tertiary/aromatic N) is 2. The fraction of sp³-hybridized carbons (Fsp3) is 0.375. The second kappa shape index (κ2) is 4.69. The topological polar surface area (TPSA) is 74.5 Å². The molecule has 88 valence electrons. The minimum atomic E-state index is -2.92. The van der Waals surface area contributed by atoms with Crippen molar-refractivity contribution >= 4 is 5.69 Å². The normalized spacial score (nSPS) is 10.3. The SMILES string of the molecule is COc1nc(C(F)F)cc([N+](=O)[O-])c1OC. The zero-order valence-electron chi connectivity index (χ0n) is 8.44. The van der Waals surface area contributed by atoms with Crippen LogP contribution >= 0.6 is 0 Å². The second-order valence-corrected chi connectivity index (χ2v) is 2.67. The molecule has 0 aliphatic rings. The van der Waals surface area contributed by atoms with Crippen LogP contribution < -0.4 is 9.47 Å². The molecule has 1 aromatic rings. The van der Waals surface area contributed by atoms with Crippen LogP contribution in [0.2, 0.25) is 0 Å². The van der Waals surface area contributed by atoms with Crippen molar-refractivity contribution in [2.24, 2.45) is 0 Å². The van der Waals surface area contributed by atoms with E-state index in [1.165, 1.54) is 0 Å². The lowest BCUT2D eigenvalue weighted by Gasteiger charge is -2.08. The van der Waals surface area contributed by atoms with Gasteiger partial charge in [0.25, 0.3) is 18.1 Å². The quantitative estimate of drug-likeness (QED) is 0.587. The first kappa shape index (κ1) is 12.1. The van der Waals surface area contributed by atoms with Crippen molar-refractivity contribution in [2.45, 2.75) is 6.43 Å². The lowest BCUT2D eigenvalue weighted by atomic mass is 10.3. The molecule has 6 nitrogen and oxygen atoms in total. The van der Waals surface area contributed by atoms with Crippen LogP contribution in [0, 0.1) is 10.1 Å². The highest BCUT2D eigenvalue weighted by Crippen LogP contribution is 2.37. The van der Waals surface area contributed by atoms with E-state index in [-0.39, 0.29) is 11.6 Å². The number of alkyl halides is 2. The Bertz CT molecular complexity index is 411. The average Bonchev–Trinajstić information content (AvgIpc) is 2.26. The number of rotatable bonds is 4. The molecule has 1 rings (SSSR count). The Kier molecular flexibility index (Phi) is 3.54. The van der Waals surface area contributed by atoms with Crippen LogP contribution in [0.1, 0.15) is 12.1 Å². The molecule has 0 aliphatic carbocycles. The molecule has 0 atom stereocenters. The van der Waals surface area contributed by atoms with Crippen LogP contribution in [0.25, 0.3) is 0 Å². The Morgan fingerprint density at radius 1 is 1.44 bits per heavy atom. The van der Waals surface area contributed by atoms with Gasteiger partial charge in [-0.1, -0.05) is 0 Å². The largest absolute Gasteiger partial charge is 0.486 e. The van der Waals surface area contributed by atoms with Crippen molar-refractivity contribution in [3.05, 3.63) is 21.9 Å². The van der Waals surface area contributed by atoms with Crippen LogP contribution in [0.3, 0.4) is 0 Å². The van der Waals surface area contributed by atoms with Crippen molar-refractivity contribution in [1.82, 2.24) is 4.98 Å². The van der Waals surface area contributed by atoms with Gasteiger partial charge in [0.05, 0.1) is 19.1 Å². The molecule has 8 heteroatoms. The average molecular weight is 234 g/mol. The molecular formula is C8H8F2N2O4. The summed E-state index contributed by atoms with van der Waals surface area (Å²) in [5, 5.41) is 10.6. The van der Waals surface area contributed by atoms with Crippen molar-refractivity contribution in [3.63, 3.8) is 0 Å². The first-order chi connectivity index (χ1) is 7.51. The summed E-state index contributed by atoms with van der Waals surface area (Å²) in [4.78, 5) is 13.2. The van der Waals surface area contributed by atoms with Gasteiger partial charge in [-0.2, -0.15) is 0 Å². The molecular weight excluding hydrogens is 226 g/mol. The Morgan fingerprint density at radius 3 is 2.44 bits per heavy atom. The van der Waals surface area contributed by atoms with Crippen molar-refractivity contribution in [1.29, 1.82) is 0 Å². The molecule has 0 aliphatic heterocycles. The molecule has 0 unspecified atom stereocenters. The lowest BCUT2D eigenvalue weighted by Crippen LogP contribution is -2.02. The van der Waals surface area contributed by atoms with Crippen LogP contribution in [0.15, 0.2) is 6.07 Å². The molecule has 16 heavy (non-hydrogen) atoms. The highest BCUT2D eigenvalue weighted by Gasteiger charge is 2.25. The smallest absolute Gasteiger partial charge is 0.318 e. The third kappa shape index (κ3) is 2.15. The maximum absolute atomic E-state index is 12.4. The first-order valence-corrected chi connectivity index (χ1v) is 4.06. The Hall–Kier alpha value is -1.99. The van der Waals surface area contributed by atoms with Gasteiger partial charge in [0, 0.05) is 6.07 Å². The van der Waals surface area contributed by atoms with Gasteiger partial charge < -0.3 is 9.47 Å². The van der Waals surface area contributed by atoms with Gasteiger partial charge in [-0.25, -0.2) is 13.8 Å². The number of ether oxygens (including phenoxy) is 2. The number of halogens is 2. The summed E-state index contributed by atoms with van der Waals surface area (Å²) in [7, 11) is 2.32. The van der Waals surface area contributed by atoms with E-state index in [1.807, 2.05) is 0 Å². The van der Waals surface area contributed by atoms with Gasteiger partial charge in [0.15, 0.2) is 0 Å². The van der Waals surface area contributed by atoms with Gasteiger partial charge in [-0.15, -0.1) is 0 Å². The standard InChI is InChI=1S/C8H8F2N2O4/c1-15-6-5(12(13)14)3-4(7(9)10)11-8(6)16-2/h3,7H,1-2H3. The summed E-state index contributed by atoms with van der Waals surface area (Å²) < 4.78 is 34.1. The summed E-state index contributed by atoms with van der Waals surface area (Å²) in [6.45, 7) is 0. The maximum Gasteiger partial charge on any atom is 0.318 e. The summed E-state index contributed by atoms with van der Waals surface area (Å²) in [5.41, 5.74) is -1.34. The number of aromatic nitrogens is 1. The number of nitro groups is 1. The van der Waals surface area contributed by atoms with Crippen molar-refractivity contribution in [3.8, 4) is 11.6 Å². The van der Waals surface area contributed by atoms with Gasteiger partial charge >= 0.3 is 5.69 Å². The van der Waals surface area contributed by atoms with Crippen LogP contribution in [0.4, 0.5) is 14.5 Å². The first-order valence-electron chi connectivity index (χ1n) is 4.06. The monoisotopic (exact) mass is 234 g/mol. The molecule has 0 bridgehead atoms. The second-order valence-electron chi connectivity index (χ2n) is 2.67. The fourth-order valence-corrected chi connectivity index (χ4v) is 1.09. The fourth-order valence-electron chi connectivity index (χ4n) is 1.09. The van der Waals surface area contributed by atoms with Crippen molar-refractivity contribution < 1.29 is 23.2 Å². The molecule has 0 saturated carbocycles. The van der Waals surface area contributed by atoms with E-state index in [2.05, 4.69) is 14.5 Å². The summed E-state index contributed by atoms with van der Waals surface area (Å²) in [6, 6.07) is 0.659. The van der Waals surface area contributed by atoms with Crippen LogP contribution in [-0.4, -0.2) is 24.1 Å². The van der Waals surface area contributed by atoms with E-state index in [9.17, 15) is 18.9 Å². The van der Waals surface area contributed by atoms with E-state index in [4.69, 9.17) is 0 Å². The van der Waals surface area contributed by atoms with Gasteiger partial charge in [-0.3, -0.25) is 10.1 Å². The molecule has 0 saturated heterocycles. The van der Waals surface area contributed by atoms with Gasteiger partial charge in [0.1, 0.15) is 5.69 Å². The summed E-state index contributed by atoms with van der Waals surface area (Å²) >= 11 is 0. The highest BCUT2D eigenvalue weighted by molar-refractivity contribution is 5.53. The molecule has 1 heterocycles. The number of hydrogen-bond donors (Lipinski definition) is 0. The number of methoxy groups -OCH3 is 2. The number of pyridine rings is 1. The molecule has 0 fully saturated rings. The summed E-state index contributed by atoms with van der Waals surface area (Å²) in [6.07, 6.45) is -2.92.